The van der Waals surface area contributed by atoms with Crippen LogP contribution in [0.25, 0.3) is 0 Å². The van der Waals surface area contributed by atoms with E-state index in [0.29, 0.717) is 31.9 Å². The predicted octanol–water partition coefficient (Wildman–Crippen LogP) is 0.846. The van der Waals surface area contributed by atoms with Gasteiger partial charge in [-0.05, 0) is 37.8 Å². The van der Waals surface area contributed by atoms with Gasteiger partial charge in [0.1, 0.15) is 5.54 Å². The zero-order valence-electron chi connectivity index (χ0n) is 13.8. The van der Waals surface area contributed by atoms with E-state index in [2.05, 4.69) is 11.4 Å². The highest BCUT2D eigenvalue weighted by Crippen LogP contribution is 2.39. The van der Waals surface area contributed by atoms with Crippen LogP contribution in [0, 0.1) is 17.2 Å². The van der Waals surface area contributed by atoms with Crippen molar-refractivity contribution in [2.24, 2.45) is 5.92 Å². The molecule has 0 radical (unpaired) electrons. The minimum Gasteiger partial charge on any atom is -0.459 e. The Morgan fingerprint density at radius 2 is 2.08 bits per heavy atom. The highest BCUT2D eigenvalue weighted by Gasteiger charge is 2.43. The van der Waals surface area contributed by atoms with Crippen molar-refractivity contribution in [3.63, 3.8) is 0 Å². The number of nitrogens with one attached hydrogen (secondary N) is 1. The molecule has 1 aromatic rings. The molecule has 2 heterocycles. The highest BCUT2D eigenvalue weighted by atomic mass is 16.3. The summed E-state index contributed by atoms with van der Waals surface area (Å²) in [4.78, 5) is 28.2. The number of carbonyl (C=O) groups is 2. The number of piperazine rings is 1. The molecule has 2 aliphatic rings. The topological polar surface area (TPSA) is 89.6 Å². The van der Waals surface area contributed by atoms with Crippen molar-refractivity contribution in [2.75, 3.05) is 32.7 Å². The van der Waals surface area contributed by atoms with E-state index in [1.807, 2.05) is 4.90 Å². The van der Waals surface area contributed by atoms with Crippen LogP contribution in [-0.2, 0) is 4.79 Å². The minimum absolute atomic E-state index is 0.116. The van der Waals surface area contributed by atoms with E-state index in [1.54, 1.807) is 24.0 Å². The second kappa shape index (κ2) is 6.65. The van der Waals surface area contributed by atoms with E-state index >= 15 is 0 Å². The fourth-order valence-corrected chi connectivity index (χ4v) is 3.08. The van der Waals surface area contributed by atoms with Crippen LogP contribution >= 0.6 is 0 Å². The maximum Gasteiger partial charge on any atom is 0.289 e. The monoisotopic (exact) mass is 330 g/mol. The van der Waals surface area contributed by atoms with Gasteiger partial charge in [0.2, 0.25) is 5.91 Å². The summed E-state index contributed by atoms with van der Waals surface area (Å²) in [5.41, 5.74) is -0.756. The van der Waals surface area contributed by atoms with Gasteiger partial charge in [-0.1, -0.05) is 0 Å². The van der Waals surface area contributed by atoms with Crippen LogP contribution in [0.5, 0.6) is 0 Å². The molecule has 1 N–H and O–H groups in total. The molecule has 128 valence electrons. The number of hydrogen-bond donors (Lipinski definition) is 1. The van der Waals surface area contributed by atoms with Gasteiger partial charge in [-0.15, -0.1) is 0 Å². The van der Waals surface area contributed by atoms with Gasteiger partial charge in [0.15, 0.2) is 5.76 Å². The fraction of sp³-hybridized carbons (Fsp3) is 0.588. The van der Waals surface area contributed by atoms with Crippen molar-refractivity contribution in [3.8, 4) is 6.07 Å². The summed E-state index contributed by atoms with van der Waals surface area (Å²) in [6.45, 7) is 4.43. The summed E-state index contributed by atoms with van der Waals surface area (Å²) in [5.74, 6) is 0.372. The molecule has 1 saturated heterocycles. The Labute approximate surface area is 141 Å². The summed E-state index contributed by atoms with van der Waals surface area (Å²) in [6.07, 6.45) is 3.48. The molecule has 1 saturated carbocycles. The standard InChI is InChI=1S/C17H22N4O3/c1-17(12-18,13-4-5-13)19-15(22)11-20-6-8-21(9-7-20)16(23)14-3-2-10-24-14/h2-3,10,13H,4-9,11H2,1H3,(H,19,22). The highest BCUT2D eigenvalue weighted by molar-refractivity contribution is 5.91. The molecule has 1 aliphatic carbocycles. The average Bonchev–Trinajstić information content (AvgIpc) is 3.31. The zero-order chi connectivity index (χ0) is 17.2. The summed E-state index contributed by atoms with van der Waals surface area (Å²) in [7, 11) is 0. The third-order valence-corrected chi connectivity index (χ3v) is 4.78. The first-order valence-corrected chi connectivity index (χ1v) is 8.29. The first-order chi connectivity index (χ1) is 11.5. The van der Waals surface area contributed by atoms with Crippen LogP contribution in [-0.4, -0.2) is 59.9 Å². The minimum atomic E-state index is -0.756. The van der Waals surface area contributed by atoms with Crippen molar-refractivity contribution in [2.45, 2.75) is 25.3 Å². The third-order valence-electron chi connectivity index (χ3n) is 4.78. The molecule has 0 spiro atoms. The Morgan fingerprint density at radius 3 is 2.62 bits per heavy atom. The molecule has 0 bridgehead atoms. The van der Waals surface area contributed by atoms with Crippen LogP contribution in [0.1, 0.15) is 30.3 Å². The molecule has 24 heavy (non-hydrogen) atoms. The lowest BCUT2D eigenvalue weighted by Crippen LogP contribution is -2.54. The quantitative estimate of drug-likeness (QED) is 0.864. The van der Waals surface area contributed by atoms with E-state index in [9.17, 15) is 14.9 Å². The number of hydrogen-bond acceptors (Lipinski definition) is 5. The molecule has 0 aromatic carbocycles. The van der Waals surface area contributed by atoms with E-state index in [0.717, 1.165) is 12.8 Å². The molecule has 2 fully saturated rings. The van der Waals surface area contributed by atoms with Gasteiger partial charge in [-0.25, -0.2) is 0 Å². The van der Waals surface area contributed by atoms with Crippen LogP contribution in [0.3, 0.4) is 0 Å². The van der Waals surface area contributed by atoms with Crippen LogP contribution in [0.4, 0.5) is 0 Å². The zero-order valence-corrected chi connectivity index (χ0v) is 13.8. The molecule has 2 amide bonds. The Bertz CT molecular complexity index is 639. The van der Waals surface area contributed by atoms with E-state index in [1.165, 1.54) is 6.26 Å². The van der Waals surface area contributed by atoms with Crippen LogP contribution < -0.4 is 5.32 Å². The fourth-order valence-electron chi connectivity index (χ4n) is 3.08. The Morgan fingerprint density at radius 1 is 1.38 bits per heavy atom. The maximum atomic E-state index is 12.2. The van der Waals surface area contributed by atoms with Crippen molar-refractivity contribution in [1.29, 1.82) is 5.26 Å². The molecule has 1 aromatic heterocycles. The smallest absolute Gasteiger partial charge is 0.289 e. The van der Waals surface area contributed by atoms with Crippen molar-refractivity contribution in [1.82, 2.24) is 15.1 Å². The Hall–Kier alpha value is -2.33. The molecule has 7 heteroatoms. The summed E-state index contributed by atoms with van der Waals surface area (Å²) < 4.78 is 5.14. The van der Waals surface area contributed by atoms with Gasteiger partial charge < -0.3 is 14.6 Å². The van der Waals surface area contributed by atoms with Crippen LogP contribution in [0.15, 0.2) is 22.8 Å². The maximum absolute atomic E-state index is 12.2. The molecule has 1 atom stereocenters. The number of amides is 2. The van der Waals surface area contributed by atoms with Crippen molar-refractivity contribution in [3.05, 3.63) is 24.2 Å². The van der Waals surface area contributed by atoms with Gasteiger partial charge in [-0.2, -0.15) is 5.26 Å². The van der Waals surface area contributed by atoms with Gasteiger partial charge in [-0.3, -0.25) is 14.5 Å². The summed E-state index contributed by atoms with van der Waals surface area (Å²) in [6, 6.07) is 5.58. The normalized spacial score (nSPS) is 20.9. The van der Waals surface area contributed by atoms with Gasteiger partial charge in [0.05, 0.1) is 18.9 Å². The van der Waals surface area contributed by atoms with Gasteiger partial charge >= 0.3 is 0 Å². The van der Waals surface area contributed by atoms with E-state index in [-0.39, 0.29) is 24.3 Å². The number of furan rings is 1. The van der Waals surface area contributed by atoms with E-state index in [4.69, 9.17) is 4.42 Å². The predicted molar refractivity (Wildman–Crippen MR) is 85.9 cm³/mol. The third kappa shape index (κ3) is 3.60. The second-order valence-electron chi connectivity index (χ2n) is 6.68. The lowest BCUT2D eigenvalue weighted by Gasteiger charge is -2.34. The number of nitrogens with zero attached hydrogens (tertiary/aromatic N) is 3. The number of nitriles is 1. The lowest BCUT2D eigenvalue weighted by atomic mass is 9.98. The molecule has 1 aliphatic heterocycles. The Kier molecular flexibility index (Phi) is 4.58. The summed E-state index contributed by atoms with van der Waals surface area (Å²) >= 11 is 0. The summed E-state index contributed by atoms with van der Waals surface area (Å²) in [5, 5.41) is 12.2. The van der Waals surface area contributed by atoms with Crippen molar-refractivity contribution < 1.29 is 14.0 Å². The average molecular weight is 330 g/mol. The van der Waals surface area contributed by atoms with Crippen molar-refractivity contribution >= 4 is 11.8 Å². The lowest BCUT2D eigenvalue weighted by molar-refractivity contribution is -0.124. The molecule has 7 nitrogen and oxygen atoms in total. The second-order valence-corrected chi connectivity index (χ2v) is 6.68. The molecular formula is C17H22N4O3. The first kappa shape index (κ1) is 16.5. The van der Waals surface area contributed by atoms with E-state index < -0.39 is 5.54 Å². The van der Waals surface area contributed by atoms with Gasteiger partial charge in [0.25, 0.3) is 5.91 Å². The number of carbonyl (C=O) groups excluding carboxylic acids is 2. The van der Waals surface area contributed by atoms with Crippen LogP contribution in [0.2, 0.25) is 0 Å². The first-order valence-electron chi connectivity index (χ1n) is 8.29. The Balaban J connectivity index is 1.46. The molecule has 3 rings (SSSR count). The number of rotatable bonds is 5. The SMILES string of the molecule is CC(C#N)(NC(=O)CN1CCN(C(=O)c2ccco2)CC1)C1CC1. The largest absolute Gasteiger partial charge is 0.459 e. The molecule has 1 unspecified atom stereocenters. The molecular weight excluding hydrogens is 308 g/mol. The van der Waals surface area contributed by atoms with Gasteiger partial charge in [0, 0.05) is 26.2 Å².